The van der Waals surface area contributed by atoms with Gasteiger partial charge in [-0.3, -0.25) is 9.59 Å². The Balaban J connectivity index is 1.63. The molecule has 0 bridgehead atoms. The molecule has 1 aliphatic carbocycles. The van der Waals surface area contributed by atoms with Gasteiger partial charge in [-0.15, -0.1) is 11.3 Å². The molecule has 3 rings (SSSR count). The van der Waals surface area contributed by atoms with Crippen LogP contribution in [0.2, 0.25) is 0 Å². The number of benzene rings is 1. The minimum atomic E-state index is -0.330. The monoisotopic (exact) mass is 403 g/mol. The van der Waals surface area contributed by atoms with Crippen LogP contribution in [0, 0.1) is 5.82 Å². The highest BCUT2D eigenvalue weighted by Gasteiger charge is 2.21. The average Bonchev–Trinajstić information content (AvgIpc) is 3.16. The van der Waals surface area contributed by atoms with Crippen molar-refractivity contribution in [3.63, 3.8) is 0 Å². The molecule has 1 aliphatic rings. The van der Waals surface area contributed by atoms with E-state index < -0.39 is 0 Å². The fraction of sp³-hybridized carbons (Fsp3) is 0.429. The predicted molar refractivity (Wildman–Crippen MR) is 111 cm³/mol. The van der Waals surface area contributed by atoms with E-state index in [2.05, 4.69) is 10.6 Å². The Bertz CT molecular complexity index is 846. The standard InChI is InChI=1S/C21H26FN3O2S/c1-14(26)23-13-17-9-11-20(28-17)21(27)24-15-8-10-19(18(22)12-15)25(2)16-6-4-3-5-7-16/h8-12,16H,3-7,13H2,1-2H3,(H,23,26)(H,24,27). The summed E-state index contributed by atoms with van der Waals surface area (Å²) in [5.74, 6) is -0.733. The van der Waals surface area contributed by atoms with Crippen molar-refractivity contribution < 1.29 is 14.0 Å². The molecular weight excluding hydrogens is 377 g/mol. The molecular formula is C21H26FN3O2S. The van der Waals surface area contributed by atoms with E-state index in [1.807, 2.05) is 11.9 Å². The van der Waals surface area contributed by atoms with Crippen LogP contribution in [0.5, 0.6) is 0 Å². The summed E-state index contributed by atoms with van der Waals surface area (Å²) in [6, 6.07) is 8.73. The lowest BCUT2D eigenvalue weighted by molar-refractivity contribution is -0.119. The summed E-state index contributed by atoms with van der Waals surface area (Å²) in [6.07, 6.45) is 5.82. The quantitative estimate of drug-likeness (QED) is 0.744. The van der Waals surface area contributed by atoms with Gasteiger partial charge in [0.05, 0.1) is 17.1 Å². The first-order valence-electron chi connectivity index (χ1n) is 9.61. The number of nitrogens with one attached hydrogen (secondary N) is 2. The molecule has 0 saturated heterocycles. The lowest BCUT2D eigenvalue weighted by Gasteiger charge is -2.33. The molecule has 0 aliphatic heterocycles. The molecule has 28 heavy (non-hydrogen) atoms. The molecule has 1 aromatic carbocycles. The largest absolute Gasteiger partial charge is 0.369 e. The zero-order chi connectivity index (χ0) is 20.1. The SMILES string of the molecule is CC(=O)NCc1ccc(C(=O)Nc2ccc(N(C)C3CCCCC3)c(F)c2)s1. The Morgan fingerprint density at radius 1 is 1.18 bits per heavy atom. The smallest absolute Gasteiger partial charge is 0.265 e. The molecule has 1 heterocycles. The molecule has 1 fully saturated rings. The van der Waals surface area contributed by atoms with Gasteiger partial charge >= 0.3 is 0 Å². The zero-order valence-corrected chi connectivity index (χ0v) is 17.1. The molecule has 0 radical (unpaired) electrons. The Morgan fingerprint density at radius 3 is 2.61 bits per heavy atom. The van der Waals surface area contributed by atoms with E-state index in [-0.39, 0.29) is 17.6 Å². The van der Waals surface area contributed by atoms with E-state index in [0.717, 1.165) is 17.7 Å². The third-order valence-corrected chi connectivity index (χ3v) is 6.19. The van der Waals surface area contributed by atoms with Gasteiger partial charge in [-0.1, -0.05) is 19.3 Å². The summed E-state index contributed by atoms with van der Waals surface area (Å²) in [5.41, 5.74) is 0.999. The second kappa shape index (κ2) is 9.19. The van der Waals surface area contributed by atoms with Gasteiger partial charge in [0.15, 0.2) is 0 Å². The van der Waals surface area contributed by atoms with Gasteiger partial charge in [0.2, 0.25) is 5.91 Å². The van der Waals surface area contributed by atoms with E-state index in [1.165, 1.54) is 43.6 Å². The van der Waals surface area contributed by atoms with Crippen molar-refractivity contribution >= 4 is 34.5 Å². The third kappa shape index (κ3) is 5.10. The number of anilines is 2. The summed E-state index contributed by atoms with van der Waals surface area (Å²) in [5, 5.41) is 5.45. The molecule has 0 unspecified atom stereocenters. The van der Waals surface area contributed by atoms with Crippen molar-refractivity contribution in [2.75, 3.05) is 17.3 Å². The molecule has 7 heteroatoms. The molecule has 150 valence electrons. The fourth-order valence-electron chi connectivity index (χ4n) is 3.53. The van der Waals surface area contributed by atoms with E-state index in [1.54, 1.807) is 24.3 Å². The number of hydrogen-bond donors (Lipinski definition) is 2. The van der Waals surface area contributed by atoms with Crippen LogP contribution in [0.25, 0.3) is 0 Å². The van der Waals surface area contributed by atoms with Crippen molar-refractivity contribution in [3.8, 4) is 0 Å². The van der Waals surface area contributed by atoms with Crippen LogP contribution in [0.15, 0.2) is 30.3 Å². The highest BCUT2D eigenvalue weighted by molar-refractivity contribution is 7.14. The van der Waals surface area contributed by atoms with Crippen molar-refractivity contribution in [2.45, 2.75) is 51.6 Å². The maximum Gasteiger partial charge on any atom is 0.265 e. The van der Waals surface area contributed by atoms with Crippen LogP contribution in [-0.4, -0.2) is 24.9 Å². The Labute approximate surface area is 168 Å². The minimum Gasteiger partial charge on any atom is -0.369 e. The molecule has 1 aromatic heterocycles. The number of carbonyl (C=O) groups excluding carboxylic acids is 2. The summed E-state index contributed by atoms with van der Waals surface area (Å²) >= 11 is 1.30. The number of amides is 2. The summed E-state index contributed by atoms with van der Waals surface area (Å²) < 4.78 is 14.7. The number of rotatable bonds is 6. The minimum absolute atomic E-state index is 0.117. The summed E-state index contributed by atoms with van der Waals surface area (Å²) in [7, 11) is 1.94. The van der Waals surface area contributed by atoms with Crippen LogP contribution in [0.3, 0.4) is 0 Å². The normalized spacial score (nSPS) is 14.5. The summed E-state index contributed by atoms with van der Waals surface area (Å²) in [4.78, 5) is 26.8. The van der Waals surface area contributed by atoms with Crippen LogP contribution < -0.4 is 15.5 Å². The number of carbonyl (C=O) groups is 2. The van der Waals surface area contributed by atoms with Crippen molar-refractivity contribution in [1.29, 1.82) is 0 Å². The highest BCUT2D eigenvalue weighted by Crippen LogP contribution is 2.29. The summed E-state index contributed by atoms with van der Waals surface area (Å²) in [6.45, 7) is 1.84. The van der Waals surface area contributed by atoms with Crippen LogP contribution in [0.4, 0.5) is 15.8 Å². The van der Waals surface area contributed by atoms with Gasteiger partial charge in [-0.05, 0) is 43.2 Å². The zero-order valence-electron chi connectivity index (χ0n) is 16.3. The van der Waals surface area contributed by atoms with E-state index in [0.29, 0.717) is 28.8 Å². The van der Waals surface area contributed by atoms with Crippen molar-refractivity contribution in [2.24, 2.45) is 0 Å². The molecule has 0 atom stereocenters. The van der Waals surface area contributed by atoms with E-state index in [4.69, 9.17) is 0 Å². The molecule has 2 N–H and O–H groups in total. The number of thiophene rings is 1. The molecule has 2 aromatic rings. The predicted octanol–water partition coefficient (Wildman–Crippen LogP) is 4.54. The van der Waals surface area contributed by atoms with Crippen LogP contribution in [-0.2, 0) is 11.3 Å². The Kier molecular flexibility index (Phi) is 6.67. The van der Waals surface area contributed by atoms with E-state index in [9.17, 15) is 14.0 Å². The number of halogens is 1. The first-order valence-corrected chi connectivity index (χ1v) is 10.4. The van der Waals surface area contributed by atoms with Crippen LogP contribution in [0.1, 0.15) is 53.6 Å². The highest BCUT2D eigenvalue weighted by atomic mass is 32.1. The number of nitrogens with zero attached hydrogens (tertiary/aromatic N) is 1. The second-order valence-corrected chi connectivity index (χ2v) is 8.37. The van der Waals surface area contributed by atoms with Gasteiger partial charge in [-0.2, -0.15) is 0 Å². The van der Waals surface area contributed by atoms with Gasteiger partial charge in [0, 0.05) is 30.6 Å². The first kappa shape index (κ1) is 20.3. The fourth-order valence-corrected chi connectivity index (χ4v) is 4.38. The molecule has 5 nitrogen and oxygen atoms in total. The lowest BCUT2D eigenvalue weighted by atomic mass is 9.94. The molecule has 2 amide bonds. The van der Waals surface area contributed by atoms with Gasteiger partial charge < -0.3 is 15.5 Å². The lowest BCUT2D eigenvalue weighted by Crippen LogP contribution is -2.33. The third-order valence-electron chi connectivity index (χ3n) is 5.10. The molecule has 0 spiro atoms. The maximum atomic E-state index is 14.7. The van der Waals surface area contributed by atoms with Crippen LogP contribution >= 0.6 is 11.3 Å². The maximum absolute atomic E-state index is 14.7. The Hall–Kier alpha value is -2.41. The topological polar surface area (TPSA) is 61.4 Å². The first-order chi connectivity index (χ1) is 13.4. The van der Waals surface area contributed by atoms with Gasteiger partial charge in [-0.25, -0.2) is 4.39 Å². The Morgan fingerprint density at radius 2 is 1.93 bits per heavy atom. The average molecular weight is 404 g/mol. The van der Waals surface area contributed by atoms with Gasteiger partial charge in [0.25, 0.3) is 5.91 Å². The van der Waals surface area contributed by atoms with E-state index >= 15 is 0 Å². The van der Waals surface area contributed by atoms with Gasteiger partial charge in [0.1, 0.15) is 5.82 Å². The second-order valence-electron chi connectivity index (χ2n) is 7.20. The van der Waals surface area contributed by atoms with Crippen molar-refractivity contribution in [3.05, 3.63) is 45.9 Å². The van der Waals surface area contributed by atoms with Crippen molar-refractivity contribution in [1.82, 2.24) is 5.32 Å². The molecule has 1 saturated carbocycles. The number of hydrogen-bond acceptors (Lipinski definition) is 4.